The lowest BCUT2D eigenvalue weighted by Gasteiger charge is -2.10. The molecule has 126 valence electrons. The van der Waals surface area contributed by atoms with Crippen molar-refractivity contribution in [3.05, 3.63) is 66.0 Å². The average Bonchev–Trinajstić information content (AvgIpc) is 2.60. The fourth-order valence-electron chi connectivity index (χ4n) is 2.66. The summed E-state index contributed by atoms with van der Waals surface area (Å²) in [5.74, 6) is -0.699. The highest BCUT2D eigenvalue weighted by Gasteiger charge is 2.12. The van der Waals surface area contributed by atoms with Crippen LogP contribution in [0.25, 0.3) is 21.9 Å². The van der Waals surface area contributed by atoms with E-state index in [-0.39, 0.29) is 11.8 Å². The van der Waals surface area contributed by atoms with E-state index >= 15 is 0 Å². The van der Waals surface area contributed by atoms with E-state index in [4.69, 9.17) is 16.2 Å². The number of guanidine groups is 1. The first-order valence-corrected chi connectivity index (χ1v) is 7.50. The zero-order valence-corrected chi connectivity index (χ0v) is 13.5. The molecule has 3 rings (SSSR count). The van der Waals surface area contributed by atoms with Gasteiger partial charge in [0, 0.05) is 11.1 Å². The largest absolute Gasteiger partial charge is 0.497 e. The number of nitrogens with two attached hydrogens (primary N) is 2. The standard InChI is InChI=1S/C19H16FN3O2/c1-25-13-7-8-17(20)16(10-13)14-4-2-3-11-5-6-12(9-15(11)14)18(24)23-19(21)22/h2-10H,1H3,(H4,21,22,23,24). The highest BCUT2D eigenvalue weighted by Crippen LogP contribution is 2.33. The number of methoxy groups -OCH3 is 1. The van der Waals surface area contributed by atoms with E-state index in [1.165, 1.54) is 13.2 Å². The molecular formula is C19H16FN3O2. The summed E-state index contributed by atoms with van der Waals surface area (Å²) in [6.07, 6.45) is 0. The Morgan fingerprint density at radius 3 is 2.56 bits per heavy atom. The highest BCUT2D eigenvalue weighted by atomic mass is 19.1. The van der Waals surface area contributed by atoms with E-state index in [9.17, 15) is 9.18 Å². The molecule has 0 fully saturated rings. The van der Waals surface area contributed by atoms with Gasteiger partial charge < -0.3 is 16.2 Å². The zero-order valence-electron chi connectivity index (χ0n) is 13.5. The van der Waals surface area contributed by atoms with Gasteiger partial charge in [-0.05, 0) is 46.7 Å². The molecule has 0 unspecified atom stereocenters. The number of ether oxygens (including phenoxy) is 1. The van der Waals surface area contributed by atoms with Crippen molar-refractivity contribution in [1.29, 1.82) is 0 Å². The maximum Gasteiger partial charge on any atom is 0.280 e. The average molecular weight is 337 g/mol. The van der Waals surface area contributed by atoms with Crippen LogP contribution in [0.5, 0.6) is 5.75 Å². The Morgan fingerprint density at radius 2 is 1.84 bits per heavy atom. The van der Waals surface area contributed by atoms with Gasteiger partial charge in [-0.25, -0.2) is 4.39 Å². The third-order valence-corrected chi connectivity index (χ3v) is 3.82. The third kappa shape index (κ3) is 3.28. The molecule has 0 aromatic heterocycles. The predicted octanol–water partition coefficient (Wildman–Crippen LogP) is 3.07. The molecule has 0 heterocycles. The van der Waals surface area contributed by atoms with Crippen molar-refractivity contribution in [2.24, 2.45) is 16.5 Å². The number of hydrogen-bond donors (Lipinski definition) is 2. The lowest BCUT2D eigenvalue weighted by atomic mass is 9.96. The lowest BCUT2D eigenvalue weighted by Crippen LogP contribution is -2.24. The molecule has 0 aliphatic rings. The Balaban J connectivity index is 2.22. The summed E-state index contributed by atoms with van der Waals surface area (Å²) >= 11 is 0. The van der Waals surface area contributed by atoms with Crippen molar-refractivity contribution in [2.75, 3.05) is 7.11 Å². The van der Waals surface area contributed by atoms with Crippen molar-refractivity contribution >= 4 is 22.6 Å². The molecule has 3 aromatic rings. The number of aliphatic imine (C=N–C) groups is 1. The minimum atomic E-state index is -0.553. The first-order chi connectivity index (χ1) is 12.0. The summed E-state index contributed by atoms with van der Waals surface area (Å²) in [4.78, 5) is 15.6. The summed E-state index contributed by atoms with van der Waals surface area (Å²) in [5.41, 5.74) is 11.9. The molecule has 0 atom stereocenters. The van der Waals surface area contributed by atoms with Gasteiger partial charge in [0.25, 0.3) is 5.91 Å². The summed E-state index contributed by atoms with van der Waals surface area (Å²) in [5, 5.41) is 1.58. The molecule has 0 spiro atoms. The molecule has 0 aliphatic carbocycles. The number of carbonyl (C=O) groups is 1. The van der Waals surface area contributed by atoms with Crippen molar-refractivity contribution in [3.8, 4) is 16.9 Å². The molecule has 4 N–H and O–H groups in total. The second kappa shape index (κ2) is 6.60. The number of benzene rings is 3. The van der Waals surface area contributed by atoms with Crippen molar-refractivity contribution in [3.63, 3.8) is 0 Å². The van der Waals surface area contributed by atoms with E-state index < -0.39 is 5.91 Å². The Bertz CT molecular complexity index is 995. The van der Waals surface area contributed by atoms with Gasteiger partial charge in [0.1, 0.15) is 11.6 Å². The predicted molar refractivity (Wildman–Crippen MR) is 96.0 cm³/mol. The van der Waals surface area contributed by atoms with E-state index in [1.807, 2.05) is 12.1 Å². The molecule has 0 saturated carbocycles. The van der Waals surface area contributed by atoms with E-state index in [1.54, 1.807) is 36.4 Å². The fraction of sp³-hybridized carbons (Fsp3) is 0.0526. The van der Waals surface area contributed by atoms with Crippen molar-refractivity contribution in [2.45, 2.75) is 0 Å². The van der Waals surface area contributed by atoms with Crippen LogP contribution in [0.3, 0.4) is 0 Å². The van der Waals surface area contributed by atoms with Crippen LogP contribution in [0, 0.1) is 5.82 Å². The number of hydrogen-bond acceptors (Lipinski definition) is 2. The number of carbonyl (C=O) groups excluding carboxylic acids is 1. The van der Waals surface area contributed by atoms with E-state index in [0.29, 0.717) is 27.8 Å². The van der Waals surface area contributed by atoms with Crippen molar-refractivity contribution in [1.82, 2.24) is 0 Å². The van der Waals surface area contributed by atoms with Gasteiger partial charge in [-0.3, -0.25) is 4.79 Å². The summed E-state index contributed by atoms with van der Waals surface area (Å²) in [7, 11) is 1.52. The Hall–Kier alpha value is -3.41. The monoisotopic (exact) mass is 337 g/mol. The molecule has 6 heteroatoms. The summed E-state index contributed by atoms with van der Waals surface area (Å²) in [6.45, 7) is 0. The van der Waals surface area contributed by atoms with Gasteiger partial charge in [0.05, 0.1) is 7.11 Å². The molecular weight excluding hydrogens is 321 g/mol. The minimum absolute atomic E-state index is 0.308. The number of rotatable bonds is 3. The third-order valence-electron chi connectivity index (χ3n) is 3.82. The Morgan fingerprint density at radius 1 is 1.04 bits per heavy atom. The number of amides is 1. The van der Waals surface area contributed by atoms with Crippen LogP contribution in [0.4, 0.5) is 4.39 Å². The molecule has 0 saturated heterocycles. The van der Waals surface area contributed by atoms with Crippen LogP contribution in [-0.4, -0.2) is 19.0 Å². The topological polar surface area (TPSA) is 90.7 Å². The van der Waals surface area contributed by atoms with E-state index in [0.717, 1.165) is 5.39 Å². The molecule has 0 aliphatic heterocycles. The summed E-state index contributed by atoms with van der Waals surface area (Å²) in [6, 6.07) is 15.1. The van der Waals surface area contributed by atoms with Gasteiger partial charge in [-0.15, -0.1) is 0 Å². The van der Waals surface area contributed by atoms with Gasteiger partial charge >= 0.3 is 0 Å². The smallest absolute Gasteiger partial charge is 0.280 e. The van der Waals surface area contributed by atoms with Gasteiger partial charge in [-0.1, -0.05) is 24.3 Å². The Kier molecular flexibility index (Phi) is 4.35. The molecule has 0 radical (unpaired) electrons. The zero-order chi connectivity index (χ0) is 18.0. The first-order valence-electron chi connectivity index (χ1n) is 7.50. The SMILES string of the molecule is COc1ccc(F)c(-c2cccc3ccc(C(=O)N=C(N)N)cc23)c1. The lowest BCUT2D eigenvalue weighted by molar-refractivity contribution is 0.100. The van der Waals surface area contributed by atoms with Crippen LogP contribution < -0.4 is 16.2 Å². The maximum atomic E-state index is 14.4. The van der Waals surface area contributed by atoms with E-state index in [2.05, 4.69) is 4.99 Å². The van der Waals surface area contributed by atoms with Gasteiger partial charge in [0.15, 0.2) is 5.96 Å². The quantitative estimate of drug-likeness (QED) is 0.568. The normalized spacial score (nSPS) is 10.5. The van der Waals surface area contributed by atoms with Crippen LogP contribution in [0.15, 0.2) is 59.6 Å². The second-order valence-corrected chi connectivity index (χ2v) is 5.43. The fourth-order valence-corrected chi connectivity index (χ4v) is 2.66. The van der Waals surface area contributed by atoms with Crippen LogP contribution in [-0.2, 0) is 0 Å². The van der Waals surface area contributed by atoms with Gasteiger partial charge in [-0.2, -0.15) is 4.99 Å². The number of halogens is 1. The molecule has 5 nitrogen and oxygen atoms in total. The number of nitrogens with zero attached hydrogens (tertiary/aromatic N) is 1. The van der Waals surface area contributed by atoms with Gasteiger partial charge in [0.2, 0.25) is 0 Å². The molecule has 0 bridgehead atoms. The van der Waals surface area contributed by atoms with Crippen LogP contribution >= 0.6 is 0 Å². The molecule has 25 heavy (non-hydrogen) atoms. The number of fused-ring (bicyclic) bond motifs is 1. The van der Waals surface area contributed by atoms with Crippen molar-refractivity contribution < 1.29 is 13.9 Å². The summed E-state index contributed by atoms with van der Waals surface area (Å²) < 4.78 is 19.6. The highest BCUT2D eigenvalue weighted by molar-refractivity contribution is 6.06. The maximum absolute atomic E-state index is 14.4. The first kappa shape index (κ1) is 16.4. The minimum Gasteiger partial charge on any atom is -0.497 e. The van der Waals surface area contributed by atoms with Crippen LogP contribution in [0.1, 0.15) is 10.4 Å². The second-order valence-electron chi connectivity index (χ2n) is 5.43. The Labute approximate surface area is 143 Å². The molecule has 3 aromatic carbocycles. The van der Waals surface area contributed by atoms with Crippen LogP contribution in [0.2, 0.25) is 0 Å². The molecule has 1 amide bonds.